The molecule has 2 heterocycles. The van der Waals surface area contributed by atoms with Gasteiger partial charge in [0.25, 0.3) is 0 Å². The number of benzene rings is 1. The number of hydrogen-bond acceptors (Lipinski definition) is 5. The molecule has 3 rings (SSSR count). The zero-order valence-corrected chi connectivity index (χ0v) is 16.5. The second kappa shape index (κ2) is 7.61. The second-order valence-corrected chi connectivity index (χ2v) is 7.78. The molecule has 7 heteroatoms. The highest BCUT2D eigenvalue weighted by molar-refractivity contribution is 7.98. The molecule has 0 aliphatic rings. The summed E-state index contributed by atoms with van der Waals surface area (Å²) in [4.78, 5) is 9.03. The molecule has 0 radical (unpaired) electrons. The topological polar surface area (TPSA) is 56.7 Å². The van der Waals surface area contributed by atoms with Gasteiger partial charge in [0, 0.05) is 17.8 Å². The third kappa shape index (κ3) is 3.98. The number of halogens is 1. The van der Waals surface area contributed by atoms with Crippen LogP contribution in [0.5, 0.6) is 0 Å². The minimum Gasteiger partial charge on any atom is -0.338 e. The molecule has 0 spiro atoms. The molecule has 3 aromatic rings. The predicted molar refractivity (Wildman–Crippen MR) is 101 cm³/mol. The number of imidazole rings is 1. The van der Waals surface area contributed by atoms with Crippen LogP contribution in [0.3, 0.4) is 0 Å². The van der Waals surface area contributed by atoms with Gasteiger partial charge in [0.05, 0.1) is 11.4 Å². The van der Waals surface area contributed by atoms with Crippen molar-refractivity contribution in [3.05, 3.63) is 46.9 Å². The van der Waals surface area contributed by atoms with E-state index in [0.717, 1.165) is 17.4 Å². The second-order valence-electron chi connectivity index (χ2n) is 6.83. The Bertz CT molecular complexity index is 916. The largest absolute Gasteiger partial charge is 0.338 e. The van der Waals surface area contributed by atoms with E-state index in [0.29, 0.717) is 34.5 Å². The number of aryl methyl sites for hydroxylation is 2. The summed E-state index contributed by atoms with van der Waals surface area (Å²) >= 11 is 1.57. The van der Waals surface area contributed by atoms with Crippen LogP contribution in [-0.4, -0.2) is 19.7 Å². The smallest absolute Gasteiger partial charge is 0.237 e. The molecule has 0 fully saturated rings. The Morgan fingerprint density at radius 3 is 2.65 bits per heavy atom. The number of hydrogen-bond donors (Lipinski definition) is 0. The molecule has 0 aliphatic heterocycles. The molecular weight excluding hydrogens is 351 g/mol. The highest BCUT2D eigenvalue weighted by atomic mass is 32.2. The maximum Gasteiger partial charge on any atom is 0.237 e. The van der Waals surface area contributed by atoms with Crippen molar-refractivity contribution in [2.45, 2.75) is 52.1 Å². The standard InChI is InChI=1S/C19H23FN4OS/c1-11(2)9-24-14(5)13(4)21-19(24)26-10-17-22-18(23-25-17)15-7-6-12(3)16(20)8-15/h6-8,11H,9-10H2,1-5H3. The third-order valence-electron chi connectivity index (χ3n) is 4.19. The van der Waals surface area contributed by atoms with Crippen molar-refractivity contribution in [3.63, 3.8) is 0 Å². The van der Waals surface area contributed by atoms with Gasteiger partial charge in [0.15, 0.2) is 5.16 Å². The minimum absolute atomic E-state index is 0.273. The van der Waals surface area contributed by atoms with Crippen molar-refractivity contribution in [3.8, 4) is 11.4 Å². The van der Waals surface area contributed by atoms with E-state index < -0.39 is 0 Å². The lowest BCUT2D eigenvalue weighted by molar-refractivity contribution is 0.391. The van der Waals surface area contributed by atoms with Crippen molar-refractivity contribution in [2.24, 2.45) is 5.92 Å². The summed E-state index contributed by atoms with van der Waals surface area (Å²) in [6.45, 7) is 11.1. The van der Waals surface area contributed by atoms with Crippen LogP contribution in [0.4, 0.5) is 4.39 Å². The van der Waals surface area contributed by atoms with E-state index in [2.05, 4.69) is 40.5 Å². The van der Waals surface area contributed by atoms with Crippen LogP contribution in [0.1, 0.15) is 36.7 Å². The highest BCUT2D eigenvalue weighted by Crippen LogP contribution is 2.26. The van der Waals surface area contributed by atoms with Crippen molar-refractivity contribution >= 4 is 11.8 Å². The minimum atomic E-state index is -0.273. The zero-order chi connectivity index (χ0) is 18.8. The van der Waals surface area contributed by atoms with E-state index in [1.807, 2.05) is 6.92 Å². The number of nitrogens with zero attached hydrogens (tertiary/aromatic N) is 4. The summed E-state index contributed by atoms with van der Waals surface area (Å²) in [7, 11) is 0. The van der Waals surface area contributed by atoms with Gasteiger partial charge in [-0.3, -0.25) is 0 Å². The first-order valence-corrected chi connectivity index (χ1v) is 9.59. The van der Waals surface area contributed by atoms with Crippen molar-refractivity contribution in [1.82, 2.24) is 19.7 Å². The number of rotatable bonds is 6. The molecule has 0 N–H and O–H groups in total. The van der Waals surface area contributed by atoms with Gasteiger partial charge in [0.2, 0.25) is 11.7 Å². The quantitative estimate of drug-likeness (QED) is 0.572. The average molecular weight is 374 g/mol. The predicted octanol–water partition coefficient (Wildman–Crippen LogP) is 4.95. The lowest BCUT2D eigenvalue weighted by Gasteiger charge is -2.11. The Labute approximate surface area is 157 Å². The van der Waals surface area contributed by atoms with Crippen LogP contribution in [0.2, 0.25) is 0 Å². The molecular formula is C19H23FN4OS. The fourth-order valence-electron chi connectivity index (χ4n) is 2.60. The highest BCUT2D eigenvalue weighted by Gasteiger charge is 2.15. The van der Waals surface area contributed by atoms with Gasteiger partial charge in [-0.25, -0.2) is 9.37 Å². The molecule has 1 aromatic carbocycles. The summed E-state index contributed by atoms with van der Waals surface area (Å²) in [5, 5.41) is 4.92. The Balaban J connectivity index is 1.74. The molecule has 26 heavy (non-hydrogen) atoms. The van der Waals surface area contributed by atoms with E-state index in [4.69, 9.17) is 4.52 Å². The summed E-state index contributed by atoms with van der Waals surface area (Å²) in [6, 6.07) is 4.94. The molecule has 0 bridgehead atoms. The van der Waals surface area contributed by atoms with Crippen molar-refractivity contribution < 1.29 is 8.91 Å². The zero-order valence-electron chi connectivity index (χ0n) is 15.7. The number of thioether (sulfide) groups is 1. The van der Waals surface area contributed by atoms with Gasteiger partial charge in [-0.2, -0.15) is 4.98 Å². The molecule has 2 aromatic heterocycles. The fraction of sp³-hybridized carbons (Fsp3) is 0.421. The van der Waals surface area contributed by atoms with E-state index in [9.17, 15) is 4.39 Å². The molecule has 0 unspecified atom stereocenters. The van der Waals surface area contributed by atoms with E-state index in [1.54, 1.807) is 30.8 Å². The molecule has 0 atom stereocenters. The average Bonchev–Trinajstić information content (AvgIpc) is 3.16. The molecule has 0 aliphatic carbocycles. The van der Waals surface area contributed by atoms with Gasteiger partial charge in [-0.1, -0.05) is 42.9 Å². The fourth-order valence-corrected chi connectivity index (χ4v) is 3.54. The Kier molecular flexibility index (Phi) is 5.46. The summed E-state index contributed by atoms with van der Waals surface area (Å²) in [5.41, 5.74) is 3.42. The van der Waals surface area contributed by atoms with Crippen molar-refractivity contribution in [1.29, 1.82) is 0 Å². The van der Waals surface area contributed by atoms with Crippen LogP contribution < -0.4 is 0 Å². The summed E-state index contributed by atoms with van der Waals surface area (Å²) in [6.07, 6.45) is 0. The SMILES string of the molecule is Cc1ccc(-c2noc(CSc3nc(C)c(C)n3CC(C)C)n2)cc1F. The van der Waals surface area contributed by atoms with Crippen LogP contribution in [0.25, 0.3) is 11.4 Å². The Hall–Kier alpha value is -2.15. The molecule has 0 saturated carbocycles. The first-order chi connectivity index (χ1) is 12.3. The molecule has 0 amide bonds. The van der Waals surface area contributed by atoms with Crippen molar-refractivity contribution in [2.75, 3.05) is 0 Å². The monoisotopic (exact) mass is 374 g/mol. The normalized spacial score (nSPS) is 11.5. The molecule has 5 nitrogen and oxygen atoms in total. The van der Waals surface area contributed by atoms with Crippen LogP contribution >= 0.6 is 11.8 Å². The van der Waals surface area contributed by atoms with E-state index in [1.165, 1.54) is 11.8 Å². The maximum absolute atomic E-state index is 13.7. The van der Waals surface area contributed by atoms with Gasteiger partial charge in [-0.15, -0.1) is 0 Å². The Morgan fingerprint density at radius 2 is 1.96 bits per heavy atom. The van der Waals surface area contributed by atoms with Gasteiger partial charge >= 0.3 is 0 Å². The lowest BCUT2D eigenvalue weighted by Crippen LogP contribution is -2.07. The van der Waals surface area contributed by atoms with Gasteiger partial charge < -0.3 is 9.09 Å². The van der Waals surface area contributed by atoms with Crippen LogP contribution in [0, 0.1) is 32.5 Å². The van der Waals surface area contributed by atoms with E-state index in [-0.39, 0.29) is 5.82 Å². The molecule has 0 saturated heterocycles. The first kappa shape index (κ1) is 18.6. The van der Waals surface area contributed by atoms with Crippen LogP contribution in [-0.2, 0) is 12.3 Å². The third-order valence-corrected chi connectivity index (χ3v) is 5.15. The first-order valence-electron chi connectivity index (χ1n) is 8.60. The van der Waals surface area contributed by atoms with E-state index >= 15 is 0 Å². The number of aromatic nitrogens is 4. The van der Waals surface area contributed by atoms with Gasteiger partial charge in [0.1, 0.15) is 5.82 Å². The summed E-state index contributed by atoms with van der Waals surface area (Å²) < 4.78 is 21.3. The molecule has 138 valence electrons. The Morgan fingerprint density at radius 1 is 1.19 bits per heavy atom. The van der Waals surface area contributed by atoms with Crippen LogP contribution in [0.15, 0.2) is 27.9 Å². The van der Waals surface area contributed by atoms with Gasteiger partial charge in [-0.05, 0) is 38.3 Å². The maximum atomic E-state index is 13.7. The lowest BCUT2D eigenvalue weighted by atomic mass is 10.1. The summed E-state index contributed by atoms with van der Waals surface area (Å²) in [5.74, 6) is 1.69.